The molecule has 0 fully saturated rings. The summed E-state index contributed by atoms with van der Waals surface area (Å²) in [5.74, 6) is 0.202. The van der Waals surface area contributed by atoms with E-state index < -0.39 is 0 Å². The van der Waals surface area contributed by atoms with Gasteiger partial charge in [-0.15, -0.1) is 0 Å². The zero-order valence-corrected chi connectivity index (χ0v) is 11.1. The van der Waals surface area contributed by atoms with Gasteiger partial charge in [0.05, 0.1) is 12.2 Å². The molecule has 0 atom stereocenters. The van der Waals surface area contributed by atoms with E-state index in [1.807, 2.05) is 25.1 Å². The molecule has 2 rings (SSSR count). The molecule has 0 aliphatic heterocycles. The van der Waals surface area contributed by atoms with Crippen LogP contribution in [0.25, 0.3) is 10.8 Å². The molecule has 2 nitrogen and oxygen atoms in total. The molecule has 94 valence electrons. The molecule has 0 spiro atoms. The molecular formula is C16H18O2. The van der Waals surface area contributed by atoms with Crippen LogP contribution >= 0.6 is 0 Å². The van der Waals surface area contributed by atoms with Crippen LogP contribution in [0.15, 0.2) is 36.4 Å². The van der Waals surface area contributed by atoms with Crippen LogP contribution in [0.3, 0.4) is 0 Å². The second-order valence-corrected chi connectivity index (χ2v) is 4.66. The third kappa shape index (κ3) is 2.37. The molecule has 0 aliphatic carbocycles. The third-order valence-corrected chi connectivity index (χ3v) is 3.07. The van der Waals surface area contributed by atoms with Crippen LogP contribution in [0, 0.1) is 0 Å². The van der Waals surface area contributed by atoms with E-state index >= 15 is 0 Å². The monoisotopic (exact) mass is 242 g/mol. The van der Waals surface area contributed by atoms with Crippen molar-refractivity contribution >= 4 is 16.7 Å². The summed E-state index contributed by atoms with van der Waals surface area (Å²) in [6, 6.07) is 12.0. The van der Waals surface area contributed by atoms with Crippen molar-refractivity contribution < 1.29 is 9.53 Å². The van der Waals surface area contributed by atoms with Crippen LogP contribution < -0.4 is 0 Å². The largest absolute Gasteiger partial charge is 0.462 e. The van der Waals surface area contributed by atoms with Gasteiger partial charge in [-0.2, -0.15) is 0 Å². The summed E-state index contributed by atoms with van der Waals surface area (Å²) in [5, 5.41) is 2.05. The number of hydrogen-bond donors (Lipinski definition) is 0. The number of carbonyl (C=O) groups is 1. The molecule has 0 N–H and O–H groups in total. The first-order chi connectivity index (χ1) is 8.63. The highest BCUT2D eigenvalue weighted by atomic mass is 16.5. The summed E-state index contributed by atoms with van der Waals surface area (Å²) in [4.78, 5) is 11.9. The molecule has 0 saturated carbocycles. The van der Waals surface area contributed by atoms with Gasteiger partial charge < -0.3 is 4.74 Å². The number of ether oxygens (including phenoxy) is 1. The van der Waals surface area contributed by atoms with Gasteiger partial charge in [0, 0.05) is 0 Å². The van der Waals surface area contributed by atoms with Gasteiger partial charge in [-0.05, 0) is 35.2 Å². The lowest BCUT2D eigenvalue weighted by Gasteiger charge is -2.10. The van der Waals surface area contributed by atoms with E-state index in [2.05, 4.69) is 32.0 Å². The molecule has 2 aromatic carbocycles. The third-order valence-electron chi connectivity index (χ3n) is 3.07. The van der Waals surface area contributed by atoms with Gasteiger partial charge in [-0.25, -0.2) is 4.79 Å². The molecular weight excluding hydrogens is 224 g/mol. The topological polar surface area (TPSA) is 26.3 Å². The van der Waals surface area contributed by atoms with Gasteiger partial charge in [0.25, 0.3) is 0 Å². The summed E-state index contributed by atoms with van der Waals surface area (Å²) >= 11 is 0. The highest BCUT2D eigenvalue weighted by molar-refractivity contribution is 6.04. The van der Waals surface area contributed by atoms with Crippen molar-refractivity contribution in [3.05, 3.63) is 47.5 Å². The van der Waals surface area contributed by atoms with Crippen molar-refractivity contribution in [3.8, 4) is 0 Å². The number of carbonyl (C=O) groups excluding carboxylic acids is 1. The zero-order chi connectivity index (χ0) is 13.1. The Labute approximate surface area is 108 Å². The average Bonchev–Trinajstić information content (AvgIpc) is 2.37. The van der Waals surface area contributed by atoms with Gasteiger partial charge >= 0.3 is 5.97 Å². The highest BCUT2D eigenvalue weighted by Crippen LogP contribution is 2.24. The van der Waals surface area contributed by atoms with E-state index in [0.717, 1.165) is 10.8 Å². The predicted octanol–water partition coefficient (Wildman–Crippen LogP) is 4.14. The quantitative estimate of drug-likeness (QED) is 0.756. The number of benzene rings is 2. The minimum absolute atomic E-state index is 0.246. The second-order valence-electron chi connectivity index (χ2n) is 4.66. The van der Waals surface area contributed by atoms with Crippen LogP contribution in [-0.4, -0.2) is 12.6 Å². The molecule has 0 heterocycles. The number of hydrogen-bond acceptors (Lipinski definition) is 2. The van der Waals surface area contributed by atoms with Gasteiger partial charge in [0.2, 0.25) is 0 Å². The fourth-order valence-corrected chi connectivity index (χ4v) is 2.04. The van der Waals surface area contributed by atoms with Crippen LogP contribution in [0.2, 0.25) is 0 Å². The Morgan fingerprint density at radius 1 is 1.22 bits per heavy atom. The Balaban J connectivity index is 2.58. The zero-order valence-electron chi connectivity index (χ0n) is 11.1. The van der Waals surface area contributed by atoms with E-state index in [9.17, 15) is 4.79 Å². The Morgan fingerprint density at radius 2 is 2.00 bits per heavy atom. The van der Waals surface area contributed by atoms with Crippen LogP contribution in [0.5, 0.6) is 0 Å². The van der Waals surface area contributed by atoms with Crippen molar-refractivity contribution in [3.63, 3.8) is 0 Å². The Kier molecular flexibility index (Phi) is 3.66. The fourth-order valence-electron chi connectivity index (χ4n) is 2.04. The molecule has 0 saturated heterocycles. The Morgan fingerprint density at radius 3 is 2.67 bits per heavy atom. The summed E-state index contributed by atoms with van der Waals surface area (Å²) < 4.78 is 5.10. The maximum atomic E-state index is 11.9. The van der Waals surface area contributed by atoms with Crippen molar-refractivity contribution in [2.24, 2.45) is 0 Å². The van der Waals surface area contributed by atoms with Gasteiger partial charge in [0.15, 0.2) is 0 Å². The number of esters is 1. The first kappa shape index (κ1) is 12.6. The number of fused-ring (bicyclic) bond motifs is 1. The van der Waals surface area contributed by atoms with E-state index in [1.54, 1.807) is 0 Å². The maximum absolute atomic E-state index is 11.9. The van der Waals surface area contributed by atoms with Crippen molar-refractivity contribution in [1.29, 1.82) is 0 Å². The lowest BCUT2D eigenvalue weighted by atomic mass is 9.97. The highest BCUT2D eigenvalue weighted by Gasteiger charge is 2.11. The summed E-state index contributed by atoms with van der Waals surface area (Å²) in [7, 11) is 0. The SMILES string of the molecule is CCOC(=O)c1cccc2ccc(C(C)C)cc12. The van der Waals surface area contributed by atoms with E-state index in [4.69, 9.17) is 4.74 Å². The van der Waals surface area contributed by atoms with Crippen LogP contribution in [-0.2, 0) is 4.74 Å². The predicted molar refractivity (Wildman–Crippen MR) is 74.0 cm³/mol. The standard InChI is InChI=1S/C16H18O2/c1-4-18-16(17)14-7-5-6-12-8-9-13(11(2)3)10-15(12)14/h5-11H,4H2,1-3H3. The second kappa shape index (κ2) is 5.21. The summed E-state index contributed by atoms with van der Waals surface area (Å²) in [5.41, 5.74) is 1.89. The van der Waals surface area contributed by atoms with Crippen molar-refractivity contribution in [2.75, 3.05) is 6.61 Å². The van der Waals surface area contributed by atoms with Crippen LogP contribution in [0.1, 0.15) is 42.6 Å². The molecule has 18 heavy (non-hydrogen) atoms. The van der Waals surface area contributed by atoms with Gasteiger partial charge in [0.1, 0.15) is 0 Å². The van der Waals surface area contributed by atoms with Crippen LogP contribution in [0.4, 0.5) is 0 Å². The van der Waals surface area contributed by atoms with Crippen molar-refractivity contribution in [2.45, 2.75) is 26.7 Å². The van der Waals surface area contributed by atoms with Gasteiger partial charge in [-0.1, -0.05) is 44.2 Å². The Hall–Kier alpha value is -1.83. The fraction of sp³-hybridized carbons (Fsp3) is 0.312. The first-order valence-corrected chi connectivity index (χ1v) is 6.33. The molecule has 0 aliphatic rings. The van der Waals surface area contributed by atoms with E-state index in [-0.39, 0.29) is 5.97 Å². The molecule has 0 amide bonds. The normalized spacial score (nSPS) is 10.9. The number of rotatable bonds is 3. The maximum Gasteiger partial charge on any atom is 0.338 e. The molecule has 0 radical (unpaired) electrons. The molecule has 2 heteroatoms. The van der Waals surface area contributed by atoms with E-state index in [0.29, 0.717) is 18.1 Å². The van der Waals surface area contributed by atoms with Gasteiger partial charge in [-0.3, -0.25) is 0 Å². The van der Waals surface area contributed by atoms with E-state index in [1.165, 1.54) is 5.56 Å². The van der Waals surface area contributed by atoms with Crippen molar-refractivity contribution in [1.82, 2.24) is 0 Å². The minimum Gasteiger partial charge on any atom is -0.462 e. The summed E-state index contributed by atoms with van der Waals surface area (Å²) in [6.07, 6.45) is 0. The molecule has 0 bridgehead atoms. The molecule has 2 aromatic rings. The lowest BCUT2D eigenvalue weighted by molar-refractivity contribution is 0.0528. The summed E-state index contributed by atoms with van der Waals surface area (Å²) in [6.45, 7) is 6.52. The minimum atomic E-state index is -0.246. The average molecular weight is 242 g/mol. The smallest absolute Gasteiger partial charge is 0.338 e. The first-order valence-electron chi connectivity index (χ1n) is 6.33. The Bertz CT molecular complexity index is 570. The molecule has 0 unspecified atom stereocenters. The lowest BCUT2D eigenvalue weighted by Crippen LogP contribution is -2.05. The molecule has 0 aromatic heterocycles.